The zero-order chi connectivity index (χ0) is 14.6. The summed E-state index contributed by atoms with van der Waals surface area (Å²) in [7, 11) is 0. The molecule has 0 unspecified atom stereocenters. The van der Waals surface area contributed by atoms with Gasteiger partial charge in [-0.1, -0.05) is 18.6 Å². The van der Waals surface area contributed by atoms with Crippen LogP contribution < -0.4 is 0 Å². The molecule has 0 amide bonds. The summed E-state index contributed by atoms with van der Waals surface area (Å²) in [5.74, 6) is 0.748. The summed E-state index contributed by atoms with van der Waals surface area (Å²) in [5.41, 5.74) is 1.58. The second kappa shape index (κ2) is 6.71. The van der Waals surface area contributed by atoms with Crippen molar-refractivity contribution in [2.45, 2.75) is 58.4 Å². The number of hydrogen-bond acceptors (Lipinski definition) is 1. The summed E-state index contributed by atoms with van der Waals surface area (Å²) < 4.78 is 12.8. The molecule has 0 radical (unpaired) electrons. The van der Waals surface area contributed by atoms with E-state index in [0.29, 0.717) is 5.54 Å². The summed E-state index contributed by atoms with van der Waals surface area (Å²) in [6, 6.07) is 6.96. The molecule has 1 aromatic carbocycles. The van der Waals surface area contributed by atoms with Gasteiger partial charge in [0.2, 0.25) is 0 Å². The first-order valence-electron chi connectivity index (χ1n) is 7.94. The summed E-state index contributed by atoms with van der Waals surface area (Å²) in [6.07, 6.45) is 6.29. The smallest absolute Gasteiger partial charge is 0.123 e. The lowest BCUT2D eigenvalue weighted by Crippen LogP contribution is -2.46. The van der Waals surface area contributed by atoms with E-state index in [-0.39, 0.29) is 5.82 Å². The minimum atomic E-state index is -0.136. The van der Waals surface area contributed by atoms with Gasteiger partial charge < -0.3 is 0 Å². The van der Waals surface area contributed by atoms with Crippen molar-refractivity contribution < 1.29 is 4.39 Å². The van der Waals surface area contributed by atoms with Gasteiger partial charge in [-0.25, -0.2) is 4.39 Å². The lowest BCUT2D eigenvalue weighted by Gasteiger charge is -2.41. The summed E-state index contributed by atoms with van der Waals surface area (Å²) in [4.78, 5) is 2.60. The SMILES string of the molecule is CC(C)(C)N1CCC(CCCc2ccc(F)cc2)CC1. The molecule has 0 atom stereocenters. The maximum absolute atomic E-state index is 12.8. The van der Waals surface area contributed by atoms with Crippen LogP contribution in [0, 0.1) is 11.7 Å². The molecule has 0 spiro atoms. The Hall–Kier alpha value is -0.890. The van der Waals surface area contributed by atoms with Gasteiger partial charge in [-0.3, -0.25) is 4.90 Å². The predicted octanol–water partition coefficient (Wildman–Crippen LogP) is 4.66. The first-order valence-corrected chi connectivity index (χ1v) is 7.94. The van der Waals surface area contributed by atoms with Crippen LogP contribution in [0.1, 0.15) is 52.0 Å². The van der Waals surface area contributed by atoms with Crippen molar-refractivity contribution in [2.24, 2.45) is 5.92 Å². The van der Waals surface area contributed by atoms with Crippen molar-refractivity contribution in [3.8, 4) is 0 Å². The Balaban J connectivity index is 1.67. The van der Waals surface area contributed by atoms with Crippen LogP contribution in [-0.2, 0) is 6.42 Å². The Morgan fingerprint density at radius 2 is 1.70 bits per heavy atom. The third kappa shape index (κ3) is 4.59. The number of aryl methyl sites for hydroxylation is 1. The topological polar surface area (TPSA) is 3.24 Å². The second-order valence-corrected chi connectivity index (χ2v) is 7.12. The van der Waals surface area contributed by atoms with Crippen molar-refractivity contribution in [3.63, 3.8) is 0 Å². The molecule has 1 saturated heterocycles. The normalized spacial score (nSPS) is 18.4. The fourth-order valence-electron chi connectivity index (χ4n) is 3.14. The lowest BCUT2D eigenvalue weighted by atomic mass is 9.89. The average Bonchev–Trinajstić information content (AvgIpc) is 2.41. The quantitative estimate of drug-likeness (QED) is 0.773. The number of halogens is 1. The number of hydrogen-bond donors (Lipinski definition) is 0. The standard InChI is InChI=1S/C18H28FN/c1-18(2,3)20-13-11-16(12-14-20)6-4-5-15-7-9-17(19)10-8-15/h7-10,16H,4-6,11-14H2,1-3H3. The second-order valence-electron chi connectivity index (χ2n) is 7.12. The lowest BCUT2D eigenvalue weighted by molar-refractivity contribution is 0.0849. The number of piperidine rings is 1. The number of benzene rings is 1. The van der Waals surface area contributed by atoms with Crippen molar-refractivity contribution in [1.29, 1.82) is 0 Å². The van der Waals surface area contributed by atoms with E-state index in [4.69, 9.17) is 0 Å². The van der Waals surface area contributed by atoms with Crippen molar-refractivity contribution in [3.05, 3.63) is 35.6 Å². The molecule has 2 rings (SSSR count). The average molecular weight is 277 g/mol. The van der Waals surface area contributed by atoms with Gasteiger partial charge in [0.15, 0.2) is 0 Å². The Morgan fingerprint density at radius 1 is 1.10 bits per heavy atom. The van der Waals surface area contributed by atoms with E-state index in [1.54, 1.807) is 12.1 Å². The maximum Gasteiger partial charge on any atom is 0.123 e. The summed E-state index contributed by atoms with van der Waals surface area (Å²) >= 11 is 0. The monoisotopic (exact) mass is 277 g/mol. The minimum absolute atomic E-state index is 0.136. The van der Waals surface area contributed by atoms with E-state index in [2.05, 4.69) is 25.7 Å². The fourth-order valence-corrected chi connectivity index (χ4v) is 3.14. The Morgan fingerprint density at radius 3 is 2.25 bits per heavy atom. The third-order valence-electron chi connectivity index (χ3n) is 4.55. The van der Waals surface area contributed by atoms with E-state index in [1.807, 2.05) is 12.1 Å². The molecule has 1 heterocycles. The Bertz CT molecular complexity index is 396. The molecule has 1 aromatic rings. The molecule has 1 nitrogen and oxygen atoms in total. The van der Waals surface area contributed by atoms with Crippen LogP contribution in [0.25, 0.3) is 0 Å². The summed E-state index contributed by atoms with van der Waals surface area (Å²) in [5, 5.41) is 0. The van der Waals surface area contributed by atoms with Crippen LogP contribution in [-0.4, -0.2) is 23.5 Å². The number of nitrogens with zero attached hydrogens (tertiary/aromatic N) is 1. The molecule has 1 aliphatic rings. The van der Waals surface area contributed by atoms with Gasteiger partial charge in [-0.2, -0.15) is 0 Å². The predicted molar refractivity (Wildman–Crippen MR) is 83.4 cm³/mol. The van der Waals surface area contributed by atoms with Crippen LogP contribution in [0.2, 0.25) is 0 Å². The summed E-state index contributed by atoms with van der Waals surface area (Å²) in [6.45, 7) is 9.40. The van der Waals surface area contributed by atoms with E-state index >= 15 is 0 Å². The zero-order valence-electron chi connectivity index (χ0n) is 13.2. The van der Waals surface area contributed by atoms with Gasteiger partial charge in [-0.15, -0.1) is 0 Å². The molecule has 20 heavy (non-hydrogen) atoms. The molecular formula is C18H28FN. The highest BCUT2D eigenvalue weighted by Gasteiger charge is 2.26. The molecular weight excluding hydrogens is 249 g/mol. The van der Waals surface area contributed by atoms with Gasteiger partial charge in [-0.05, 0) is 83.2 Å². The van der Waals surface area contributed by atoms with Gasteiger partial charge in [0.05, 0.1) is 0 Å². The molecule has 0 saturated carbocycles. The van der Waals surface area contributed by atoms with Crippen molar-refractivity contribution >= 4 is 0 Å². The van der Waals surface area contributed by atoms with E-state index in [9.17, 15) is 4.39 Å². The van der Waals surface area contributed by atoms with Crippen molar-refractivity contribution in [1.82, 2.24) is 4.90 Å². The van der Waals surface area contributed by atoms with Gasteiger partial charge in [0, 0.05) is 5.54 Å². The van der Waals surface area contributed by atoms with Gasteiger partial charge in [0.1, 0.15) is 5.82 Å². The van der Waals surface area contributed by atoms with Crippen LogP contribution in [0.15, 0.2) is 24.3 Å². The number of rotatable bonds is 4. The molecule has 2 heteroatoms. The van der Waals surface area contributed by atoms with Gasteiger partial charge in [0.25, 0.3) is 0 Å². The van der Waals surface area contributed by atoms with E-state index in [1.165, 1.54) is 44.3 Å². The zero-order valence-corrected chi connectivity index (χ0v) is 13.2. The number of likely N-dealkylation sites (tertiary alicyclic amines) is 1. The van der Waals surface area contributed by atoms with Crippen LogP contribution in [0.3, 0.4) is 0 Å². The highest BCUT2D eigenvalue weighted by atomic mass is 19.1. The molecule has 1 fully saturated rings. The molecule has 0 aromatic heterocycles. The van der Waals surface area contributed by atoms with Crippen LogP contribution in [0.5, 0.6) is 0 Å². The molecule has 1 aliphatic heterocycles. The van der Waals surface area contributed by atoms with Gasteiger partial charge >= 0.3 is 0 Å². The third-order valence-corrected chi connectivity index (χ3v) is 4.55. The fraction of sp³-hybridized carbons (Fsp3) is 0.667. The Kier molecular flexibility index (Phi) is 5.20. The van der Waals surface area contributed by atoms with Crippen LogP contribution in [0.4, 0.5) is 4.39 Å². The molecule has 0 bridgehead atoms. The van der Waals surface area contributed by atoms with Crippen LogP contribution >= 0.6 is 0 Å². The minimum Gasteiger partial charge on any atom is -0.298 e. The van der Waals surface area contributed by atoms with E-state index in [0.717, 1.165) is 12.3 Å². The molecule has 0 N–H and O–H groups in total. The highest BCUT2D eigenvalue weighted by Crippen LogP contribution is 2.27. The highest BCUT2D eigenvalue weighted by molar-refractivity contribution is 5.15. The van der Waals surface area contributed by atoms with E-state index < -0.39 is 0 Å². The first kappa shape index (κ1) is 15.5. The first-order chi connectivity index (χ1) is 9.45. The largest absolute Gasteiger partial charge is 0.298 e. The Labute approximate surface area is 123 Å². The maximum atomic E-state index is 12.8. The molecule has 112 valence electrons. The van der Waals surface area contributed by atoms with Crippen molar-refractivity contribution in [2.75, 3.05) is 13.1 Å². The molecule has 0 aliphatic carbocycles.